The summed E-state index contributed by atoms with van der Waals surface area (Å²) in [5.74, 6) is 0. The molecule has 3 fully saturated rings. The zero-order valence-electron chi connectivity index (χ0n) is 24.3. The molecule has 44 heavy (non-hydrogen) atoms. The van der Waals surface area contributed by atoms with Crippen LogP contribution in [0.25, 0.3) is 0 Å². The Kier molecular flexibility index (Phi) is 8.83. The molecule has 0 saturated carbocycles. The van der Waals surface area contributed by atoms with E-state index >= 15 is 0 Å². The lowest BCUT2D eigenvalue weighted by atomic mass is 9.95. The van der Waals surface area contributed by atoms with Crippen LogP contribution in [-0.4, -0.2) is 92.5 Å². The van der Waals surface area contributed by atoms with Crippen molar-refractivity contribution in [2.45, 2.75) is 60.2 Å². The summed E-state index contributed by atoms with van der Waals surface area (Å²) in [4.78, 5) is 4.43. The predicted molar refractivity (Wildman–Crippen MR) is 161 cm³/mol. The highest BCUT2D eigenvalue weighted by Crippen LogP contribution is 2.40. The van der Waals surface area contributed by atoms with Gasteiger partial charge in [0.05, 0.1) is 38.0 Å². The van der Waals surface area contributed by atoms with E-state index in [2.05, 4.69) is 9.80 Å². The van der Waals surface area contributed by atoms with Crippen LogP contribution < -0.4 is 4.90 Å². The van der Waals surface area contributed by atoms with Crippen molar-refractivity contribution >= 4 is 27.0 Å². The second-order valence-electron chi connectivity index (χ2n) is 11.8. The number of ether oxygens (including phenoxy) is 2. The van der Waals surface area contributed by atoms with Crippen LogP contribution in [0.1, 0.15) is 24.5 Å². The van der Waals surface area contributed by atoms with Gasteiger partial charge >= 0.3 is 6.18 Å². The molecule has 1 N–H and O–H groups in total. The first-order chi connectivity index (χ1) is 20.9. The fraction of sp³-hybridized carbons (Fsp3) is 0.484. The van der Waals surface area contributed by atoms with Gasteiger partial charge in [-0.15, -0.1) is 11.3 Å². The fourth-order valence-corrected chi connectivity index (χ4v) is 9.05. The van der Waals surface area contributed by atoms with Crippen LogP contribution in [0.4, 0.5) is 18.9 Å². The van der Waals surface area contributed by atoms with E-state index in [1.807, 2.05) is 30.3 Å². The largest absolute Gasteiger partial charge is 0.421 e. The molecule has 238 valence electrons. The minimum Gasteiger partial charge on any atom is -0.378 e. The molecule has 0 amide bonds. The molecule has 6 rings (SSSR count). The number of anilines is 1. The van der Waals surface area contributed by atoms with E-state index in [-0.39, 0.29) is 47.1 Å². The molecule has 2 bridgehead atoms. The first-order valence-electron chi connectivity index (χ1n) is 14.6. The molecule has 0 aliphatic carbocycles. The topological polar surface area (TPSA) is 82.6 Å². The molecule has 0 radical (unpaired) electrons. The Balaban J connectivity index is 1.25. The molecule has 5 atom stereocenters. The number of piperazine rings is 1. The Labute approximate surface area is 259 Å². The predicted octanol–water partition coefficient (Wildman–Crippen LogP) is 4.46. The normalized spacial score (nSPS) is 26.5. The maximum absolute atomic E-state index is 13.5. The van der Waals surface area contributed by atoms with Crippen LogP contribution in [0.5, 0.6) is 0 Å². The quantitative estimate of drug-likeness (QED) is 0.366. The molecule has 3 aromatic rings. The van der Waals surface area contributed by atoms with Gasteiger partial charge in [-0.1, -0.05) is 48.5 Å². The summed E-state index contributed by atoms with van der Waals surface area (Å²) in [5, 5.41) is 11.9. The number of benzene rings is 2. The van der Waals surface area contributed by atoms with E-state index in [4.69, 9.17) is 9.47 Å². The lowest BCUT2D eigenvalue weighted by molar-refractivity contribution is -0.258. The standard InChI is InChI=1S/C31H36F3N3O5S2/c1-30(38,31(32,33)34)23-9-11-24(12-10-23)36-14-13-35(44(39,40)29-8-5-15-43-29)17-26(36)18-37-25-16-28(27(37)21-41-20-25)42-19-22-6-3-2-4-7-22/h2-12,15,25-28,38H,13-14,16-21H2,1H3. The molecule has 5 unspecified atom stereocenters. The number of sulfonamides is 1. The van der Waals surface area contributed by atoms with Crippen molar-refractivity contribution in [3.05, 3.63) is 83.2 Å². The second-order valence-corrected chi connectivity index (χ2v) is 14.9. The second kappa shape index (κ2) is 12.3. The summed E-state index contributed by atoms with van der Waals surface area (Å²) >= 11 is 1.18. The summed E-state index contributed by atoms with van der Waals surface area (Å²) in [6, 6.07) is 18.8. The number of rotatable bonds is 9. The first kappa shape index (κ1) is 31.5. The zero-order chi connectivity index (χ0) is 31.1. The van der Waals surface area contributed by atoms with Gasteiger partial charge in [0.2, 0.25) is 0 Å². The monoisotopic (exact) mass is 651 g/mol. The number of nitrogens with zero attached hydrogens (tertiary/aromatic N) is 3. The zero-order valence-corrected chi connectivity index (χ0v) is 25.9. The highest BCUT2D eigenvalue weighted by molar-refractivity contribution is 7.91. The number of morpholine rings is 1. The van der Waals surface area contributed by atoms with Crippen LogP contribution in [0, 0.1) is 0 Å². The number of aliphatic hydroxyl groups is 1. The summed E-state index contributed by atoms with van der Waals surface area (Å²) in [7, 11) is -3.70. The SMILES string of the molecule is CC(O)(c1ccc(N2CCN(S(=O)(=O)c3cccs3)CC2CN2C3COCC2C(OCc2ccccc2)C3)cc1)C(F)(F)F. The van der Waals surface area contributed by atoms with Crippen molar-refractivity contribution in [3.8, 4) is 0 Å². The molecule has 4 heterocycles. The Morgan fingerprint density at radius 2 is 1.77 bits per heavy atom. The van der Waals surface area contributed by atoms with Gasteiger partial charge in [-0.05, 0) is 48.1 Å². The Bertz CT molecular complexity index is 1500. The maximum Gasteiger partial charge on any atom is 0.421 e. The van der Waals surface area contributed by atoms with Crippen LogP contribution in [-0.2, 0) is 31.7 Å². The average Bonchev–Trinajstić information content (AvgIpc) is 3.61. The van der Waals surface area contributed by atoms with E-state index in [0.717, 1.165) is 18.9 Å². The third kappa shape index (κ3) is 6.15. The molecule has 3 aliphatic rings. The van der Waals surface area contributed by atoms with Gasteiger partial charge in [0.25, 0.3) is 10.0 Å². The van der Waals surface area contributed by atoms with E-state index in [0.29, 0.717) is 38.6 Å². The maximum atomic E-state index is 13.5. The summed E-state index contributed by atoms with van der Waals surface area (Å²) in [6.07, 6.45) is -4.08. The van der Waals surface area contributed by atoms with Crippen molar-refractivity contribution in [2.24, 2.45) is 0 Å². The van der Waals surface area contributed by atoms with E-state index in [1.165, 1.54) is 27.8 Å². The number of thiophene rings is 1. The number of halogens is 3. The molecular weight excluding hydrogens is 615 g/mol. The van der Waals surface area contributed by atoms with Crippen molar-refractivity contribution in [1.29, 1.82) is 0 Å². The van der Waals surface area contributed by atoms with Crippen molar-refractivity contribution in [3.63, 3.8) is 0 Å². The number of fused-ring (bicyclic) bond motifs is 2. The lowest BCUT2D eigenvalue weighted by Gasteiger charge is -2.46. The Morgan fingerprint density at radius 3 is 2.45 bits per heavy atom. The Morgan fingerprint density at radius 1 is 1.02 bits per heavy atom. The summed E-state index contributed by atoms with van der Waals surface area (Å²) in [6.45, 7) is 3.61. The van der Waals surface area contributed by atoms with Gasteiger partial charge in [0.15, 0.2) is 5.60 Å². The van der Waals surface area contributed by atoms with Crippen molar-refractivity contribution in [1.82, 2.24) is 9.21 Å². The van der Waals surface area contributed by atoms with E-state index < -0.39 is 21.8 Å². The van der Waals surface area contributed by atoms with E-state index in [1.54, 1.807) is 29.6 Å². The van der Waals surface area contributed by atoms with Gasteiger partial charge in [0.1, 0.15) is 4.21 Å². The average molecular weight is 652 g/mol. The first-order valence-corrected chi connectivity index (χ1v) is 17.0. The van der Waals surface area contributed by atoms with E-state index in [9.17, 15) is 26.7 Å². The van der Waals surface area contributed by atoms with Crippen LogP contribution in [0.2, 0.25) is 0 Å². The minimum absolute atomic E-state index is 0.00662. The molecule has 3 saturated heterocycles. The van der Waals surface area contributed by atoms with Crippen LogP contribution in [0.15, 0.2) is 76.3 Å². The number of hydrogen-bond acceptors (Lipinski definition) is 8. The molecule has 8 nitrogen and oxygen atoms in total. The molecule has 1 aromatic heterocycles. The molecule has 0 spiro atoms. The fourth-order valence-electron chi connectivity index (χ4n) is 6.44. The molecule has 2 aromatic carbocycles. The van der Waals surface area contributed by atoms with Crippen LogP contribution in [0.3, 0.4) is 0 Å². The van der Waals surface area contributed by atoms with Crippen LogP contribution >= 0.6 is 11.3 Å². The van der Waals surface area contributed by atoms with Gasteiger partial charge in [-0.2, -0.15) is 17.5 Å². The lowest BCUT2D eigenvalue weighted by Crippen LogP contribution is -2.61. The molecule has 13 heteroatoms. The molecule has 3 aliphatic heterocycles. The minimum atomic E-state index is -4.83. The van der Waals surface area contributed by atoms with Gasteiger partial charge < -0.3 is 19.5 Å². The highest BCUT2D eigenvalue weighted by Gasteiger charge is 2.51. The molecular formula is C31H36F3N3O5S2. The van der Waals surface area contributed by atoms with Gasteiger partial charge in [0, 0.05) is 37.9 Å². The summed E-state index contributed by atoms with van der Waals surface area (Å²) in [5.41, 5.74) is -1.49. The van der Waals surface area contributed by atoms with Crippen molar-refractivity contribution < 1.29 is 36.2 Å². The number of hydrogen-bond donors (Lipinski definition) is 1. The number of alkyl halides is 3. The third-order valence-electron chi connectivity index (χ3n) is 9.00. The third-order valence-corrected chi connectivity index (χ3v) is 12.2. The van der Waals surface area contributed by atoms with Gasteiger partial charge in [-0.3, -0.25) is 4.90 Å². The summed E-state index contributed by atoms with van der Waals surface area (Å²) < 4.78 is 81.6. The smallest absolute Gasteiger partial charge is 0.378 e. The Hall–Kier alpha value is -2.52. The highest BCUT2D eigenvalue weighted by atomic mass is 32.2. The van der Waals surface area contributed by atoms with Gasteiger partial charge in [-0.25, -0.2) is 8.42 Å². The van der Waals surface area contributed by atoms with Crippen molar-refractivity contribution in [2.75, 3.05) is 44.3 Å².